The van der Waals surface area contributed by atoms with Crippen molar-refractivity contribution in [2.45, 2.75) is 51.0 Å². The van der Waals surface area contributed by atoms with E-state index >= 15 is 0 Å². The summed E-state index contributed by atoms with van der Waals surface area (Å²) in [4.78, 5) is 12.1. The molecule has 0 aliphatic heterocycles. The summed E-state index contributed by atoms with van der Waals surface area (Å²) in [6, 6.07) is 8.00. The first-order valence-corrected chi connectivity index (χ1v) is 8.04. The van der Waals surface area contributed by atoms with Gasteiger partial charge in [0.1, 0.15) is 0 Å². The van der Waals surface area contributed by atoms with E-state index in [2.05, 4.69) is 19.2 Å². The van der Waals surface area contributed by atoms with Crippen molar-refractivity contribution in [1.29, 1.82) is 0 Å². The Labute approximate surface area is 132 Å². The highest BCUT2D eigenvalue weighted by Gasteiger charge is 2.27. The molecular formula is C17H25ClN2O. The number of rotatable bonds is 5. The highest BCUT2D eigenvalue weighted by atomic mass is 35.5. The number of carbonyl (C=O) groups excluding carboxylic acids is 1. The number of nitrogens with one attached hydrogen (secondary N) is 1. The second-order valence-corrected chi connectivity index (χ2v) is 7.17. The molecule has 0 saturated heterocycles. The lowest BCUT2D eigenvalue weighted by atomic mass is 9.84. The van der Waals surface area contributed by atoms with Gasteiger partial charge >= 0.3 is 0 Å². The highest BCUT2D eigenvalue weighted by Crippen LogP contribution is 2.27. The highest BCUT2D eigenvalue weighted by molar-refractivity contribution is 6.30. The Morgan fingerprint density at radius 3 is 2.81 bits per heavy atom. The topological polar surface area (TPSA) is 55.1 Å². The van der Waals surface area contributed by atoms with Crippen molar-refractivity contribution in [2.24, 2.45) is 11.7 Å². The Kier molecular flexibility index (Phi) is 5.28. The van der Waals surface area contributed by atoms with E-state index in [0.717, 1.165) is 29.8 Å². The van der Waals surface area contributed by atoms with Crippen molar-refractivity contribution in [1.82, 2.24) is 5.32 Å². The maximum absolute atomic E-state index is 12.1. The van der Waals surface area contributed by atoms with Gasteiger partial charge in [-0.25, -0.2) is 0 Å². The molecule has 116 valence electrons. The third-order valence-electron chi connectivity index (χ3n) is 4.50. The van der Waals surface area contributed by atoms with Crippen LogP contribution in [-0.2, 0) is 10.2 Å². The molecule has 2 rings (SSSR count). The summed E-state index contributed by atoms with van der Waals surface area (Å²) in [5.41, 5.74) is 7.01. The number of nitrogens with two attached hydrogens (primary N) is 1. The Balaban J connectivity index is 1.87. The molecule has 4 heteroatoms. The van der Waals surface area contributed by atoms with Crippen LogP contribution in [0.4, 0.5) is 0 Å². The first kappa shape index (κ1) is 16.3. The van der Waals surface area contributed by atoms with E-state index in [1.165, 1.54) is 0 Å². The first-order chi connectivity index (χ1) is 9.88. The van der Waals surface area contributed by atoms with Crippen LogP contribution in [0.5, 0.6) is 0 Å². The van der Waals surface area contributed by atoms with Crippen LogP contribution in [0.15, 0.2) is 24.3 Å². The molecule has 1 aliphatic carbocycles. The van der Waals surface area contributed by atoms with Crippen LogP contribution in [0.25, 0.3) is 0 Å². The van der Waals surface area contributed by atoms with Gasteiger partial charge in [-0.3, -0.25) is 4.79 Å². The predicted molar refractivity (Wildman–Crippen MR) is 87.4 cm³/mol. The molecule has 1 amide bonds. The number of halogens is 1. The number of amides is 1. The van der Waals surface area contributed by atoms with Gasteiger partial charge in [0.25, 0.3) is 0 Å². The quantitative estimate of drug-likeness (QED) is 0.877. The van der Waals surface area contributed by atoms with E-state index in [0.29, 0.717) is 18.9 Å². The Hall–Kier alpha value is -1.06. The molecule has 0 unspecified atom stereocenters. The normalized spacial score (nSPS) is 22.3. The minimum Gasteiger partial charge on any atom is -0.355 e. The van der Waals surface area contributed by atoms with Gasteiger partial charge in [-0.1, -0.05) is 44.0 Å². The van der Waals surface area contributed by atoms with Crippen LogP contribution in [0.1, 0.15) is 45.1 Å². The van der Waals surface area contributed by atoms with Gasteiger partial charge in [-0.15, -0.1) is 0 Å². The summed E-state index contributed by atoms with van der Waals surface area (Å²) in [6.45, 7) is 4.83. The van der Waals surface area contributed by atoms with Crippen molar-refractivity contribution >= 4 is 17.5 Å². The van der Waals surface area contributed by atoms with Crippen LogP contribution in [0, 0.1) is 5.92 Å². The van der Waals surface area contributed by atoms with E-state index in [1.807, 2.05) is 24.3 Å². The van der Waals surface area contributed by atoms with Gasteiger partial charge in [0.15, 0.2) is 0 Å². The predicted octanol–water partition coefficient (Wildman–Crippen LogP) is 3.25. The zero-order valence-electron chi connectivity index (χ0n) is 12.9. The van der Waals surface area contributed by atoms with Crippen molar-refractivity contribution < 1.29 is 4.79 Å². The molecule has 0 spiro atoms. The monoisotopic (exact) mass is 308 g/mol. The van der Waals surface area contributed by atoms with Crippen LogP contribution in [-0.4, -0.2) is 18.5 Å². The van der Waals surface area contributed by atoms with E-state index < -0.39 is 0 Å². The lowest BCUT2D eigenvalue weighted by molar-refractivity contribution is -0.122. The fourth-order valence-electron chi connectivity index (χ4n) is 2.96. The van der Waals surface area contributed by atoms with Gasteiger partial charge in [0.05, 0.1) is 0 Å². The molecule has 1 aromatic carbocycles. The smallest absolute Gasteiger partial charge is 0.220 e. The Morgan fingerprint density at radius 2 is 2.19 bits per heavy atom. The first-order valence-electron chi connectivity index (χ1n) is 7.67. The summed E-state index contributed by atoms with van der Waals surface area (Å²) in [5.74, 6) is 0.451. The summed E-state index contributed by atoms with van der Waals surface area (Å²) < 4.78 is 0. The molecule has 1 aliphatic rings. The lowest BCUT2D eigenvalue weighted by Gasteiger charge is -2.26. The van der Waals surface area contributed by atoms with Crippen LogP contribution >= 0.6 is 11.6 Å². The molecule has 0 bridgehead atoms. The van der Waals surface area contributed by atoms with Crippen molar-refractivity contribution in [2.75, 3.05) is 6.54 Å². The SMILES string of the molecule is CC(C)(CNC(=O)C[C@@H]1CCC[C@H]1N)c1cccc(Cl)c1. The Bertz CT molecular complexity index is 501. The van der Waals surface area contributed by atoms with Crippen molar-refractivity contribution in [3.8, 4) is 0 Å². The van der Waals surface area contributed by atoms with Crippen molar-refractivity contribution in [3.05, 3.63) is 34.9 Å². The summed E-state index contributed by atoms with van der Waals surface area (Å²) in [7, 11) is 0. The minimum atomic E-state index is -0.141. The average molecular weight is 309 g/mol. The maximum Gasteiger partial charge on any atom is 0.220 e. The molecule has 1 saturated carbocycles. The number of carbonyl (C=O) groups is 1. The van der Waals surface area contributed by atoms with E-state index in [4.69, 9.17) is 17.3 Å². The minimum absolute atomic E-state index is 0.104. The maximum atomic E-state index is 12.1. The third-order valence-corrected chi connectivity index (χ3v) is 4.73. The van der Waals surface area contributed by atoms with E-state index in [-0.39, 0.29) is 17.4 Å². The largest absolute Gasteiger partial charge is 0.355 e. The van der Waals surface area contributed by atoms with E-state index in [9.17, 15) is 4.79 Å². The molecule has 1 aromatic rings. The van der Waals surface area contributed by atoms with Gasteiger partial charge in [0, 0.05) is 29.4 Å². The molecule has 0 radical (unpaired) electrons. The fourth-order valence-corrected chi connectivity index (χ4v) is 3.15. The second kappa shape index (κ2) is 6.80. The summed E-state index contributed by atoms with van der Waals surface area (Å²) in [5, 5.41) is 3.78. The molecule has 3 N–H and O–H groups in total. The molecule has 0 aromatic heterocycles. The van der Waals surface area contributed by atoms with Crippen molar-refractivity contribution in [3.63, 3.8) is 0 Å². The molecule has 21 heavy (non-hydrogen) atoms. The zero-order valence-corrected chi connectivity index (χ0v) is 13.6. The molecule has 3 nitrogen and oxygen atoms in total. The molecule has 2 atom stereocenters. The second-order valence-electron chi connectivity index (χ2n) is 6.73. The van der Waals surface area contributed by atoms with Crippen LogP contribution in [0.3, 0.4) is 0 Å². The summed E-state index contributed by atoms with van der Waals surface area (Å²) in [6.07, 6.45) is 3.82. The van der Waals surface area contributed by atoms with Gasteiger partial charge in [0.2, 0.25) is 5.91 Å². The zero-order chi connectivity index (χ0) is 15.5. The Morgan fingerprint density at radius 1 is 1.43 bits per heavy atom. The molecule has 1 fully saturated rings. The van der Waals surface area contributed by atoms with Crippen LogP contribution < -0.4 is 11.1 Å². The summed E-state index contributed by atoms with van der Waals surface area (Å²) >= 11 is 6.04. The number of benzene rings is 1. The average Bonchev–Trinajstić information content (AvgIpc) is 2.82. The third kappa shape index (κ3) is 4.45. The van der Waals surface area contributed by atoms with E-state index in [1.54, 1.807) is 0 Å². The van der Waals surface area contributed by atoms with Gasteiger partial charge < -0.3 is 11.1 Å². The van der Waals surface area contributed by atoms with Gasteiger partial charge in [-0.05, 0) is 36.5 Å². The van der Waals surface area contributed by atoms with Gasteiger partial charge in [-0.2, -0.15) is 0 Å². The van der Waals surface area contributed by atoms with Crippen LogP contribution in [0.2, 0.25) is 5.02 Å². The number of hydrogen-bond donors (Lipinski definition) is 2. The standard InChI is InChI=1S/C17H25ClN2O/c1-17(2,13-6-4-7-14(18)10-13)11-20-16(21)9-12-5-3-8-15(12)19/h4,6-7,10,12,15H,3,5,8-9,11,19H2,1-2H3,(H,20,21)/t12-,15+/m0/s1. The number of hydrogen-bond acceptors (Lipinski definition) is 2. The fraction of sp³-hybridized carbons (Fsp3) is 0.588. The lowest BCUT2D eigenvalue weighted by Crippen LogP contribution is -2.38. The molecule has 0 heterocycles. The molecular weight excluding hydrogens is 284 g/mol.